The van der Waals surface area contributed by atoms with E-state index in [1.54, 1.807) is 30.7 Å². The van der Waals surface area contributed by atoms with Crippen molar-refractivity contribution in [2.75, 3.05) is 121 Å². The molecule has 0 bridgehead atoms. The predicted molar refractivity (Wildman–Crippen MR) is 528 cm³/mol. The van der Waals surface area contributed by atoms with Crippen LogP contribution in [0.1, 0.15) is 185 Å². The molecule has 0 spiro atoms. The Morgan fingerprint density at radius 1 is 0.410 bits per heavy atom. The first-order valence-electron chi connectivity index (χ1n) is 45.3. The minimum absolute atomic E-state index is 0.0527. The van der Waals surface area contributed by atoms with Gasteiger partial charge in [0.05, 0.1) is 67.7 Å². The number of nitriles is 2. The number of halogens is 5. The Balaban J connectivity index is 0.000000143. The van der Waals surface area contributed by atoms with Gasteiger partial charge in [0.15, 0.2) is 46.5 Å². The van der Waals surface area contributed by atoms with E-state index in [1.165, 1.54) is 39.6 Å². The van der Waals surface area contributed by atoms with Crippen molar-refractivity contribution in [3.63, 3.8) is 0 Å². The largest absolute Gasteiger partial charge is 0.369 e. The fraction of sp³-hybridized carbons (Fsp3) is 0.417. The normalized spacial score (nSPS) is 15.6. The first-order valence-corrected chi connectivity index (χ1v) is 46.8. The lowest BCUT2D eigenvalue weighted by molar-refractivity contribution is -0.120. The number of ketones is 1. The molecule has 134 heavy (non-hydrogen) atoms. The summed E-state index contributed by atoms with van der Waals surface area (Å²) in [6.45, 7) is 34.2. The molecule has 5 aliphatic rings. The fourth-order valence-electron chi connectivity index (χ4n) is 17.6. The molecular formula is C96H116Cl4FN31O2. The first kappa shape index (κ1) is 97.5. The van der Waals surface area contributed by atoms with Gasteiger partial charge in [0, 0.05) is 77.1 Å². The summed E-state index contributed by atoms with van der Waals surface area (Å²) >= 11 is 25.1. The molecular weight excluding hydrogens is 1780 g/mol. The molecule has 8 aromatic heterocycles. The standard InChI is InChI=1S/C26H31ClN8.C25H32ClN7O.C23H29ClN8O.C22H24ClFN8/c1-16-11-22(30-25-29-13-21(27)24(32-25)31-23-12-18(3)33-34-23)17(2)10-20(16)19-4-8-35(9-5-19)15-26(14-28)6-7-26;1-5-19(34)14-33-8-6-18(7-9-33)20-10-16(3)22(11-15(20)2)28-25-27-13-21(26)24(30-25)29-23-12-17(4)31-32-23;1-13-9-19(14(2)8-17(13)16-4-6-32(7-5-16)12-20(25)33)27-23-26-11-18(24)22(29-23)28-21-10-15(3)30-31-21;1-13-9-19(18(24)11-16(13)15-3-6-32(7-4-15)8-5-25)27-22-26-12-17(23)21(29-22)28-20-10-14(2)30-31-20/h10-13,19H,4-9,15H2,1-3H3,(H3,29,30,31,32,33,34);10-13,18H,5-9,14H2,1-4H3,(H3,27,28,29,30,31,32);8-11,16H,4-7,12H2,1-3H3,(H2,25,33)(H3,26,27,28,29,30,31);9-12,15H,3-4,6-8H2,1-2H3,(H3,26,27,28,29,30,31). The van der Waals surface area contributed by atoms with Gasteiger partial charge in [-0.15, -0.1) is 0 Å². The van der Waals surface area contributed by atoms with E-state index in [-0.39, 0.29) is 29.0 Å². The summed E-state index contributed by atoms with van der Waals surface area (Å²) in [7, 11) is 0. The van der Waals surface area contributed by atoms with Crippen LogP contribution in [0.25, 0.3) is 0 Å². The van der Waals surface area contributed by atoms with Crippen molar-refractivity contribution >= 4 is 151 Å². The Morgan fingerprint density at radius 2 is 0.701 bits per heavy atom. The number of anilines is 16. The molecule has 12 aromatic rings. The van der Waals surface area contributed by atoms with Gasteiger partial charge in [0.25, 0.3) is 0 Å². The maximum Gasteiger partial charge on any atom is 0.231 e. The van der Waals surface area contributed by atoms with E-state index in [4.69, 9.17) is 57.4 Å². The molecule has 38 heteroatoms. The molecule has 14 N–H and O–H groups in total. The average molecular weight is 1900 g/mol. The molecule has 702 valence electrons. The predicted octanol–water partition coefficient (Wildman–Crippen LogP) is 19.9. The molecule has 0 radical (unpaired) electrons. The van der Waals surface area contributed by atoms with Crippen LogP contribution >= 0.6 is 46.4 Å². The number of likely N-dealkylation sites (tertiary alicyclic amines) is 4. The highest BCUT2D eigenvalue weighted by Gasteiger charge is 2.45. The van der Waals surface area contributed by atoms with Crippen molar-refractivity contribution in [3.8, 4) is 12.1 Å². The second-order valence-electron chi connectivity index (χ2n) is 35.7. The number of nitrogens with one attached hydrogen (secondary N) is 12. The minimum Gasteiger partial charge on any atom is -0.369 e. The maximum absolute atomic E-state index is 15.0. The van der Waals surface area contributed by atoms with Crippen molar-refractivity contribution in [3.05, 3.63) is 207 Å². The number of H-pyrrole nitrogens is 4. The number of rotatable bonds is 28. The van der Waals surface area contributed by atoms with Crippen LogP contribution in [0.5, 0.6) is 0 Å². The number of piperidine rings is 4. The highest BCUT2D eigenvalue weighted by Crippen LogP contribution is 2.47. The van der Waals surface area contributed by atoms with Gasteiger partial charge in [-0.3, -0.25) is 44.7 Å². The quantitative estimate of drug-likeness (QED) is 0.0203. The van der Waals surface area contributed by atoms with Gasteiger partial charge in [0.1, 0.15) is 31.7 Å². The SMILES string of the molecule is CCC(=O)CN1CCC(c2cc(C)c(Nc3ncc(Cl)c(Nc4cc(C)[nH]n4)n3)cc2C)CC1.Cc1cc(Nc2nc(Nc3cc(C)c(C4CCN(CC#N)CC4)cc3F)ncc2Cl)n[nH]1.Cc1cc(Nc2nc(Nc3cc(C)c(C4CCN(CC(N)=O)CC4)cc3C)ncc2Cl)n[nH]1.Cc1cc(Nc2nc(Nc3cc(C)c(C4CCN(CC5(C#N)CC5)CC4)cc3C)ncc2Cl)n[nH]1. The van der Waals surface area contributed by atoms with E-state index < -0.39 is 0 Å². The molecule has 0 atom stereocenters. The van der Waals surface area contributed by atoms with Crippen LogP contribution in [0, 0.1) is 110 Å². The van der Waals surface area contributed by atoms with Gasteiger partial charge in [-0.1, -0.05) is 71.5 Å². The third-order valence-electron chi connectivity index (χ3n) is 25.2. The van der Waals surface area contributed by atoms with Gasteiger partial charge in [-0.25, -0.2) is 24.3 Å². The van der Waals surface area contributed by atoms with Crippen LogP contribution in [0.15, 0.2) is 97.6 Å². The number of primary amides is 1. The van der Waals surface area contributed by atoms with E-state index in [0.29, 0.717) is 140 Å². The second-order valence-corrected chi connectivity index (χ2v) is 37.3. The number of carbonyl (C=O) groups is 2. The van der Waals surface area contributed by atoms with Crippen molar-refractivity contribution in [1.82, 2.24) is 100 Å². The van der Waals surface area contributed by atoms with Crippen LogP contribution in [0.3, 0.4) is 0 Å². The number of Topliss-reactive ketones (excluding diaryl/α,β-unsaturated/α-hetero) is 1. The molecule has 5 fully saturated rings. The Hall–Kier alpha value is -12.5. The molecule has 4 aliphatic heterocycles. The molecule has 4 saturated heterocycles. The van der Waals surface area contributed by atoms with Crippen molar-refractivity contribution in [2.24, 2.45) is 11.1 Å². The number of nitrogens with zero attached hydrogens (tertiary/aromatic N) is 18. The Bertz CT molecular complexity index is 6220. The summed E-state index contributed by atoms with van der Waals surface area (Å²) in [6.07, 6.45) is 17.2. The van der Waals surface area contributed by atoms with Gasteiger partial charge >= 0.3 is 0 Å². The Morgan fingerprint density at radius 3 is 0.985 bits per heavy atom. The van der Waals surface area contributed by atoms with Gasteiger partial charge in [-0.05, 0) is 308 Å². The summed E-state index contributed by atoms with van der Waals surface area (Å²) in [5.41, 5.74) is 25.5. The zero-order valence-electron chi connectivity index (χ0n) is 77.6. The smallest absolute Gasteiger partial charge is 0.231 e. The van der Waals surface area contributed by atoms with Crippen LogP contribution in [0.2, 0.25) is 20.1 Å². The molecule has 17 rings (SSSR count). The number of benzene rings is 4. The third kappa shape index (κ3) is 26.1. The summed E-state index contributed by atoms with van der Waals surface area (Å²) in [5, 5.41) is 73.4. The number of nitrogens with two attached hydrogens (primary N) is 1. The average Bonchev–Trinajstić information content (AvgIpc) is 1.54. The van der Waals surface area contributed by atoms with E-state index in [0.717, 1.165) is 191 Å². The van der Waals surface area contributed by atoms with E-state index in [1.807, 2.05) is 65.8 Å². The van der Waals surface area contributed by atoms with Gasteiger partial charge in [-0.2, -0.15) is 50.9 Å². The summed E-state index contributed by atoms with van der Waals surface area (Å²) in [4.78, 5) is 67.2. The van der Waals surface area contributed by atoms with Gasteiger partial charge < -0.3 is 53.2 Å². The maximum atomic E-state index is 15.0. The van der Waals surface area contributed by atoms with Gasteiger partial charge in [0.2, 0.25) is 29.7 Å². The summed E-state index contributed by atoms with van der Waals surface area (Å²) in [5.74, 6) is 7.46. The summed E-state index contributed by atoms with van der Waals surface area (Å²) in [6, 6.07) is 28.9. The zero-order chi connectivity index (χ0) is 95.0. The lowest BCUT2D eigenvalue weighted by Gasteiger charge is -2.34. The van der Waals surface area contributed by atoms with Crippen molar-refractivity contribution in [2.45, 2.75) is 177 Å². The number of amides is 1. The van der Waals surface area contributed by atoms with Crippen LogP contribution in [-0.2, 0) is 9.59 Å². The molecule has 1 aliphatic carbocycles. The lowest BCUT2D eigenvalue weighted by atomic mass is 9.85. The number of carbonyl (C=O) groups excluding carboxylic acids is 2. The molecule has 0 unspecified atom stereocenters. The van der Waals surface area contributed by atoms with Crippen LogP contribution in [0.4, 0.5) is 97.5 Å². The van der Waals surface area contributed by atoms with E-state index in [9.17, 15) is 19.2 Å². The van der Waals surface area contributed by atoms with Crippen LogP contribution < -0.4 is 48.3 Å². The van der Waals surface area contributed by atoms with E-state index in [2.05, 4.69) is 233 Å². The van der Waals surface area contributed by atoms with Crippen molar-refractivity contribution in [1.29, 1.82) is 10.5 Å². The number of hydrogen-bond acceptors (Lipinski definition) is 28. The number of aromatic nitrogens is 16. The molecule has 33 nitrogen and oxygen atoms in total. The molecule has 12 heterocycles. The second kappa shape index (κ2) is 44.6. The highest BCUT2D eigenvalue weighted by molar-refractivity contribution is 6.34. The topological polar surface area (TPSA) is 435 Å². The number of aromatic amines is 4. The highest BCUT2D eigenvalue weighted by atomic mass is 35.5. The first-order chi connectivity index (χ1) is 64.4. The lowest BCUT2D eigenvalue weighted by Crippen LogP contribution is -2.39. The Kier molecular flexibility index (Phi) is 32.4. The number of hydrogen-bond donors (Lipinski definition) is 13. The zero-order valence-corrected chi connectivity index (χ0v) is 80.7. The number of aryl methyl sites for hydroxylation is 11. The molecule has 1 saturated carbocycles. The summed E-state index contributed by atoms with van der Waals surface area (Å²) < 4.78 is 15.0. The van der Waals surface area contributed by atoms with Crippen LogP contribution in [-0.4, -0.2) is 190 Å². The van der Waals surface area contributed by atoms with E-state index >= 15 is 0 Å². The molecule has 1 amide bonds. The monoisotopic (exact) mass is 1890 g/mol. The fourth-order valence-corrected chi connectivity index (χ4v) is 18.2. The Labute approximate surface area is 800 Å². The minimum atomic E-state index is -0.360. The third-order valence-corrected chi connectivity index (χ3v) is 26.3. The molecule has 4 aromatic carbocycles. The van der Waals surface area contributed by atoms with Crippen molar-refractivity contribution < 1.29 is 14.0 Å².